The number of rotatable bonds is 9. The van der Waals surface area contributed by atoms with E-state index in [2.05, 4.69) is 26.6 Å². The van der Waals surface area contributed by atoms with Gasteiger partial charge < -0.3 is 82.4 Å². The van der Waals surface area contributed by atoms with Crippen molar-refractivity contribution in [3.8, 4) is 5.75 Å². The molecule has 15 N–H and O–H groups in total. The van der Waals surface area contributed by atoms with Crippen molar-refractivity contribution in [1.29, 1.82) is 0 Å². The molecule has 0 spiro atoms. The van der Waals surface area contributed by atoms with Crippen molar-refractivity contribution in [2.75, 3.05) is 33.4 Å². The Balaban J connectivity index is 1.82. The van der Waals surface area contributed by atoms with Crippen LogP contribution in [0.25, 0.3) is 0 Å². The summed E-state index contributed by atoms with van der Waals surface area (Å²) >= 11 is 0. The highest BCUT2D eigenvalue weighted by Crippen LogP contribution is 2.27. The van der Waals surface area contributed by atoms with E-state index in [1.165, 1.54) is 38.3 Å². The van der Waals surface area contributed by atoms with Crippen LogP contribution in [0.1, 0.15) is 45.3 Å². The fourth-order valence-corrected chi connectivity index (χ4v) is 7.44. The average molecular weight is 855 g/mol. The van der Waals surface area contributed by atoms with Crippen molar-refractivity contribution >= 4 is 35.4 Å². The number of carbonyl (C=O) groups excluding carboxylic acids is 6. The average Bonchev–Trinajstić information content (AvgIpc) is 3.74. The van der Waals surface area contributed by atoms with Gasteiger partial charge in [0.2, 0.25) is 35.4 Å². The molecule has 15 atom stereocenters. The molecule has 23 heteroatoms. The second-order valence-electron chi connectivity index (χ2n) is 15.6. The van der Waals surface area contributed by atoms with Gasteiger partial charge in [-0.05, 0) is 31.5 Å². The lowest BCUT2D eigenvalue weighted by Crippen LogP contribution is -2.64. The second-order valence-corrected chi connectivity index (χ2v) is 15.6. The summed E-state index contributed by atoms with van der Waals surface area (Å²) < 4.78 is 5.05. The largest absolute Gasteiger partial charge is 0.508 e. The molecular formula is C37H58N8O15. The van der Waals surface area contributed by atoms with Gasteiger partial charge in [0.15, 0.2) is 0 Å². The summed E-state index contributed by atoms with van der Waals surface area (Å²) in [5, 5.41) is 99.2. The van der Waals surface area contributed by atoms with Crippen molar-refractivity contribution in [2.45, 2.75) is 119 Å². The number of aliphatic hydroxyl groups is 7. The summed E-state index contributed by atoms with van der Waals surface area (Å²) in [5.41, 5.74) is 6.11. The molecule has 3 saturated heterocycles. The predicted molar refractivity (Wildman–Crippen MR) is 205 cm³/mol. The molecule has 336 valence electrons. The number of aliphatic hydroxyl groups excluding tert-OH is 7. The third-order valence-electron chi connectivity index (χ3n) is 10.9. The predicted octanol–water partition coefficient (Wildman–Crippen LogP) is -7.06. The first-order chi connectivity index (χ1) is 28.2. The van der Waals surface area contributed by atoms with Crippen LogP contribution in [-0.2, 0) is 33.5 Å². The zero-order chi connectivity index (χ0) is 44.7. The number of hydrogen-bond donors (Lipinski definition) is 14. The third kappa shape index (κ3) is 11.2. The van der Waals surface area contributed by atoms with Crippen LogP contribution in [0.2, 0.25) is 0 Å². The van der Waals surface area contributed by atoms with Gasteiger partial charge in [0.25, 0.3) is 0 Å². The number of nitrogens with one attached hydrogen (secondary N) is 5. The van der Waals surface area contributed by atoms with Crippen LogP contribution in [0.5, 0.6) is 5.75 Å². The highest BCUT2D eigenvalue weighted by molar-refractivity contribution is 5.98. The van der Waals surface area contributed by atoms with E-state index in [0.29, 0.717) is 0 Å². The molecular weight excluding hydrogens is 796 g/mol. The minimum atomic E-state index is -2.23. The fourth-order valence-electron chi connectivity index (χ4n) is 7.44. The van der Waals surface area contributed by atoms with E-state index in [1.807, 2.05) is 0 Å². The summed E-state index contributed by atoms with van der Waals surface area (Å²) in [7, 11) is 1.39. The fraction of sp³-hybridized carbons (Fsp3) is 0.676. The van der Waals surface area contributed by atoms with Crippen LogP contribution in [-0.4, -0.2) is 198 Å². The Labute approximate surface area is 345 Å². The number of methoxy groups -OCH3 is 1. The van der Waals surface area contributed by atoms with Crippen LogP contribution < -0.4 is 32.3 Å². The maximum Gasteiger partial charge on any atom is 0.248 e. The van der Waals surface area contributed by atoms with E-state index >= 15 is 0 Å². The molecule has 3 heterocycles. The number of ether oxygens (including phenoxy) is 1. The first-order valence-corrected chi connectivity index (χ1v) is 19.5. The van der Waals surface area contributed by atoms with Crippen LogP contribution in [0.4, 0.5) is 0 Å². The monoisotopic (exact) mass is 854 g/mol. The SMILES string of the molecule is COCCNC1NC(=O)C2[C@@H](O)[C@@H](C)CN2C(=O)C([C@@H](C)O)NC(=O)C([C@H](O)[C@@H](O)c2ccc(O)cc2)NC(=O)C2C[C@@H](O)CN2C(=O)C([C@@H](C)O)NC(=O)C(N)C[C@H]1O. The summed E-state index contributed by atoms with van der Waals surface area (Å²) in [4.78, 5) is 85.5. The van der Waals surface area contributed by atoms with E-state index in [0.717, 1.165) is 23.6 Å². The Morgan fingerprint density at radius 3 is 1.93 bits per heavy atom. The molecule has 1 aromatic carbocycles. The number of amides is 6. The third-order valence-corrected chi connectivity index (χ3v) is 10.9. The van der Waals surface area contributed by atoms with E-state index in [9.17, 15) is 69.6 Å². The van der Waals surface area contributed by atoms with E-state index < -0.39 is 146 Å². The highest BCUT2D eigenvalue weighted by Gasteiger charge is 2.50. The Morgan fingerprint density at radius 2 is 1.35 bits per heavy atom. The standard InChI is InChI=1S/C37H58N8O15/c1-15-13-45-27(28(15)51)35(57)43-31(39-9-10-60-4)23(50)12-21(38)32(54)40-24(16(2)46)36(58)44-14-20(49)11-22(44)33(55)42-26(34(56)41-25(17(3)47)37(45)59)30(53)29(52)18-5-7-19(48)8-6-18/h5-8,15-17,20-31,39,46-53H,9-14,38H2,1-4H3,(H,40,54)(H,41,56)(H,42,55)(H,43,57)/t15-,16+,17+,20+,21?,22?,23+,24?,25?,26?,27?,28-,29-,30-,31?/m0/s1. The zero-order valence-electron chi connectivity index (χ0n) is 33.6. The van der Waals surface area contributed by atoms with Gasteiger partial charge in [-0.15, -0.1) is 0 Å². The Bertz CT molecular complexity index is 1690. The quantitative estimate of drug-likeness (QED) is 0.103. The molecule has 3 aliphatic heterocycles. The molecule has 6 amide bonds. The van der Waals surface area contributed by atoms with Crippen molar-refractivity contribution in [2.24, 2.45) is 11.7 Å². The van der Waals surface area contributed by atoms with Crippen LogP contribution >= 0.6 is 0 Å². The summed E-state index contributed by atoms with van der Waals surface area (Å²) in [6.07, 6.45) is -14.4. The number of aromatic hydroxyl groups is 1. The molecule has 23 nitrogen and oxygen atoms in total. The molecule has 0 aliphatic carbocycles. The van der Waals surface area contributed by atoms with Crippen LogP contribution in [0.15, 0.2) is 24.3 Å². The Morgan fingerprint density at radius 1 is 0.783 bits per heavy atom. The Hall–Kier alpha value is -4.56. The van der Waals surface area contributed by atoms with Crippen molar-refractivity contribution in [1.82, 2.24) is 36.4 Å². The van der Waals surface area contributed by atoms with Gasteiger partial charge in [-0.1, -0.05) is 19.1 Å². The van der Waals surface area contributed by atoms with Gasteiger partial charge in [-0.25, -0.2) is 0 Å². The lowest BCUT2D eigenvalue weighted by atomic mass is 9.96. The maximum atomic E-state index is 14.2. The van der Waals surface area contributed by atoms with Crippen molar-refractivity contribution in [3.05, 3.63) is 29.8 Å². The van der Waals surface area contributed by atoms with E-state index in [1.54, 1.807) is 0 Å². The minimum Gasteiger partial charge on any atom is -0.508 e. The second kappa shape index (κ2) is 20.8. The van der Waals surface area contributed by atoms with Gasteiger partial charge in [-0.2, -0.15) is 0 Å². The molecule has 4 rings (SSSR count). The number of benzene rings is 1. The number of fused-ring (bicyclic) bond motifs is 2. The van der Waals surface area contributed by atoms with Crippen LogP contribution in [0, 0.1) is 5.92 Å². The normalized spacial score (nSPS) is 33.6. The van der Waals surface area contributed by atoms with Gasteiger partial charge in [0, 0.05) is 45.5 Å². The van der Waals surface area contributed by atoms with Gasteiger partial charge in [-0.3, -0.25) is 34.1 Å². The minimum absolute atomic E-state index is 0.0328. The number of carbonyl (C=O) groups is 6. The topological polar surface area (TPSA) is 366 Å². The Kier molecular flexibility index (Phi) is 16.7. The maximum absolute atomic E-state index is 14.2. The van der Waals surface area contributed by atoms with Gasteiger partial charge >= 0.3 is 0 Å². The first kappa shape index (κ1) is 48.1. The zero-order valence-corrected chi connectivity index (χ0v) is 33.6. The summed E-state index contributed by atoms with van der Waals surface area (Å²) in [6.45, 7) is 3.15. The number of nitrogens with zero attached hydrogens (tertiary/aromatic N) is 2. The molecule has 60 heavy (non-hydrogen) atoms. The number of phenolic OH excluding ortho intramolecular Hbond substituents is 1. The molecule has 0 radical (unpaired) electrons. The molecule has 0 bridgehead atoms. The number of phenols is 1. The molecule has 3 fully saturated rings. The smallest absolute Gasteiger partial charge is 0.248 e. The van der Waals surface area contributed by atoms with E-state index in [4.69, 9.17) is 10.5 Å². The van der Waals surface area contributed by atoms with Gasteiger partial charge in [0.1, 0.15) is 54.3 Å². The molecule has 3 aliphatic rings. The molecule has 1 aromatic rings. The van der Waals surface area contributed by atoms with E-state index in [-0.39, 0.29) is 31.0 Å². The molecule has 0 saturated carbocycles. The molecule has 7 unspecified atom stereocenters. The number of hydrogen-bond acceptors (Lipinski definition) is 17. The number of nitrogens with two attached hydrogens (primary N) is 1. The van der Waals surface area contributed by atoms with Crippen molar-refractivity contribution < 1.29 is 74.4 Å². The lowest BCUT2D eigenvalue weighted by molar-refractivity contribution is -0.148. The van der Waals surface area contributed by atoms with Gasteiger partial charge in [0.05, 0.1) is 43.2 Å². The van der Waals surface area contributed by atoms with Crippen molar-refractivity contribution in [3.63, 3.8) is 0 Å². The highest BCUT2D eigenvalue weighted by atomic mass is 16.5. The lowest BCUT2D eigenvalue weighted by Gasteiger charge is -2.34. The summed E-state index contributed by atoms with van der Waals surface area (Å²) in [5.74, 6) is -7.68. The summed E-state index contributed by atoms with van der Waals surface area (Å²) in [6, 6.07) is -5.96. The van der Waals surface area contributed by atoms with Crippen LogP contribution in [0.3, 0.4) is 0 Å². The first-order valence-electron chi connectivity index (χ1n) is 19.5. The molecule has 0 aromatic heterocycles.